The van der Waals surface area contributed by atoms with Crippen LogP contribution < -0.4 is 5.32 Å². The highest BCUT2D eigenvalue weighted by Crippen LogP contribution is 2.22. The first-order chi connectivity index (χ1) is 8.97. The average molecular weight is 265 g/mol. The summed E-state index contributed by atoms with van der Waals surface area (Å²) >= 11 is 0. The zero-order valence-electron chi connectivity index (χ0n) is 11.4. The first-order valence-corrected chi connectivity index (χ1v) is 6.18. The Hall–Kier alpha value is -1.95. The number of nitro groups is 1. The number of nitrogens with one attached hydrogen (secondary N) is 1. The van der Waals surface area contributed by atoms with Crippen LogP contribution in [0.4, 0.5) is 5.69 Å². The van der Waals surface area contributed by atoms with E-state index in [0.29, 0.717) is 0 Å². The van der Waals surface area contributed by atoms with Crippen LogP contribution in [0.1, 0.15) is 25.5 Å². The topological polar surface area (TPSA) is 75.5 Å². The third kappa shape index (κ3) is 4.03. The van der Waals surface area contributed by atoms with E-state index in [4.69, 9.17) is 0 Å². The molecule has 0 spiro atoms. The Labute approximate surface area is 112 Å². The van der Waals surface area contributed by atoms with E-state index in [1.807, 2.05) is 13.8 Å². The summed E-state index contributed by atoms with van der Waals surface area (Å²) in [5, 5.41) is 13.7. The van der Waals surface area contributed by atoms with Gasteiger partial charge in [-0.15, -0.1) is 0 Å². The van der Waals surface area contributed by atoms with E-state index in [1.165, 1.54) is 12.1 Å². The third-order valence-electron chi connectivity index (χ3n) is 3.06. The van der Waals surface area contributed by atoms with Crippen molar-refractivity contribution in [3.05, 3.63) is 39.9 Å². The molecule has 1 aromatic rings. The minimum Gasteiger partial charge on any atom is -0.338 e. The summed E-state index contributed by atoms with van der Waals surface area (Å²) in [5.41, 5.74) is 0.790. The van der Waals surface area contributed by atoms with Crippen LogP contribution in [-0.4, -0.2) is 35.9 Å². The zero-order chi connectivity index (χ0) is 14.4. The molecule has 0 saturated heterocycles. The van der Waals surface area contributed by atoms with Gasteiger partial charge in [-0.3, -0.25) is 14.9 Å². The molecule has 0 heterocycles. The molecule has 0 radical (unpaired) electrons. The molecule has 1 unspecified atom stereocenters. The molecule has 1 aromatic carbocycles. The number of non-ortho nitro benzene ring substituents is 1. The van der Waals surface area contributed by atoms with Gasteiger partial charge in [0.1, 0.15) is 0 Å². The molecule has 0 aromatic heterocycles. The molecular weight excluding hydrogens is 246 g/mol. The fraction of sp³-hybridized carbons (Fsp3) is 0.462. The highest BCUT2D eigenvalue weighted by atomic mass is 16.6. The van der Waals surface area contributed by atoms with Gasteiger partial charge >= 0.3 is 0 Å². The highest BCUT2D eigenvalue weighted by Gasteiger charge is 2.18. The number of hydrogen-bond acceptors (Lipinski definition) is 4. The molecule has 0 aliphatic heterocycles. The minimum absolute atomic E-state index is 0.0388. The standard InChI is InChI=1S/C13H19N3O3/c1-4-14-9-13(17)15(3)10(2)11-6-5-7-12(8-11)16(18)19/h5-8,10,14H,4,9H2,1-3H3. The fourth-order valence-electron chi connectivity index (χ4n) is 1.69. The SMILES string of the molecule is CCNCC(=O)N(C)C(C)c1cccc([N+](=O)[O-])c1. The number of benzene rings is 1. The summed E-state index contributed by atoms with van der Waals surface area (Å²) in [6.45, 7) is 4.78. The van der Waals surface area contributed by atoms with Gasteiger partial charge in [-0.2, -0.15) is 0 Å². The number of likely N-dealkylation sites (N-methyl/N-ethyl adjacent to an activating group) is 2. The van der Waals surface area contributed by atoms with Crippen LogP contribution >= 0.6 is 0 Å². The van der Waals surface area contributed by atoms with Gasteiger partial charge in [-0.05, 0) is 19.0 Å². The molecule has 6 nitrogen and oxygen atoms in total. The predicted molar refractivity (Wildman–Crippen MR) is 72.8 cm³/mol. The van der Waals surface area contributed by atoms with Crippen LogP contribution in [0.2, 0.25) is 0 Å². The Morgan fingerprint density at radius 2 is 2.21 bits per heavy atom. The highest BCUT2D eigenvalue weighted by molar-refractivity contribution is 5.78. The number of hydrogen-bond donors (Lipinski definition) is 1. The molecule has 0 fully saturated rings. The average Bonchev–Trinajstić information content (AvgIpc) is 2.43. The van der Waals surface area contributed by atoms with E-state index in [-0.39, 0.29) is 24.2 Å². The van der Waals surface area contributed by atoms with Crippen molar-refractivity contribution in [1.82, 2.24) is 10.2 Å². The van der Waals surface area contributed by atoms with Crippen molar-refractivity contribution in [1.29, 1.82) is 0 Å². The third-order valence-corrected chi connectivity index (χ3v) is 3.06. The Morgan fingerprint density at radius 3 is 2.79 bits per heavy atom. The molecule has 104 valence electrons. The molecule has 1 rings (SSSR count). The van der Waals surface area contributed by atoms with E-state index in [1.54, 1.807) is 24.1 Å². The molecule has 1 amide bonds. The molecule has 0 saturated carbocycles. The van der Waals surface area contributed by atoms with E-state index in [0.717, 1.165) is 12.1 Å². The summed E-state index contributed by atoms with van der Waals surface area (Å²) < 4.78 is 0. The largest absolute Gasteiger partial charge is 0.338 e. The Morgan fingerprint density at radius 1 is 1.53 bits per heavy atom. The normalized spacial score (nSPS) is 11.9. The van der Waals surface area contributed by atoms with E-state index < -0.39 is 4.92 Å². The minimum atomic E-state index is -0.434. The number of rotatable bonds is 6. The Balaban J connectivity index is 2.81. The number of nitrogens with zero attached hydrogens (tertiary/aromatic N) is 2. The van der Waals surface area contributed by atoms with Gasteiger partial charge in [0.05, 0.1) is 17.5 Å². The van der Waals surface area contributed by atoms with Gasteiger partial charge in [-0.25, -0.2) is 0 Å². The van der Waals surface area contributed by atoms with Gasteiger partial charge in [0.2, 0.25) is 5.91 Å². The van der Waals surface area contributed by atoms with Crippen molar-refractivity contribution < 1.29 is 9.72 Å². The maximum Gasteiger partial charge on any atom is 0.269 e. The molecule has 0 aliphatic rings. The molecule has 0 aliphatic carbocycles. The summed E-state index contributed by atoms with van der Waals surface area (Å²) in [6, 6.07) is 6.16. The monoisotopic (exact) mass is 265 g/mol. The summed E-state index contributed by atoms with van der Waals surface area (Å²) in [6.07, 6.45) is 0. The van der Waals surface area contributed by atoms with Crippen molar-refractivity contribution in [2.45, 2.75) is 19.9 Å². The van der Waals surface area contributed by atoms with Gasteiger partial charge in [0.25, 0.3) is 5.69 Å². The van der Waals surface area contributed by atoms with Crippen molar-refractivity contribution in [2.75, 3.05) is 20.1 Å². The quantitative estimate of drug-likeness (QED) is 0.627. The van der Waals surface area contributed by atoms with Crippen LogP contribution in [0.3, 0.4) is 0 Å². The molecule has 1 atom stereocenters. The number of carbonyl (C=O) groups excluding carboxylic acids is 1. The van der Waals surface area contributed by atoms with E-state index in [9.17, 15) is 14.9 Å². The maximum atomic E-state index is 11.9. The molecule has 19 heavy (non-hydrogen) atoms. The van der Waals surface area contributed by atoms with Crippen LogP contribution in [-0.2, 0) is 4.79 Å². The molecule has 6 heteroatoms. The summed E-state index contributed by atoms with van der Waals surface area (Å²) in [4.78, 5) is 23.8. The molecule has 0 bridgehead atoms. The smallest absolute Gasteiger partial charge is 0.269 e. The second kappa shape index (κ2) is 6.84. The van der Waals surface area contributed by atoms with Crippen molar-refractivity contribution in [2.24, 2.45) is 0 Å². The maximum absolute atomic E-state index is 11.9. The molecule has 1 N–H and O–H groups in total. The van der Waals surface area contributed by atoms with Crippen LogP contribution in [0.25, 0.3) is 0 Å². The van der Waals surface area contributed by atoms with Crippen molar-refractivity contribution >= 4 is 11.6 Å². The summed E-state index contributed by atoms with van der Waals surface area (Å²) in [5.74, 6) is -0.0409. The Bertz CT molecular complexity index is 462. The number of amides is 1. The Kier molecular flexibility index (Phi) is 5.44. The van der Waals surface area contributed by atoms with Crippen molar-refractivity contribution in [3.63, 3.8) is 0 Å². The second-order valence-electron chi connectivity index (χ2n) is 4.31. The lowest BCUT2D eigenvalue weighted by atomic mass is 10.1. The van der Waals surface area contributed by atoms with E-state index in [2.05, 4.69) is 5.32 Å². The van der Waals surface area contributed by atoms with Crippen LogP contribution in [0, 0.1) is 10.1 Å². The number of nitro benzene ring substituents is 1. The van der Waals surface area contributed by atoms with Gasteiger partial charge in [0, 0.05) is 19.2 Å². The first-order valence-electron chi connectivity index (χ1n) is 6.18. The predicted octanol–water partition coefficient (Wildman–Crippen LogP) is 1.72. The van der Waals surface area contributed by atoms with Crippen LogP contribution in [0.15, 0.2) is 24.3 Å². The second-order valence-corrected chi connectivity index (χ2v) is 4.31. The fourth-order valence-corrected chi connectivity index (χ4v) is 1.69. The van der Waals surface area contributed by atoms with E-state index >= 15 is 0 Å². The lowest BCUT2D eigenvalue weighted by molar-refractivity contribution is -0.384. The van der Waals surface area contributed by atoms with Gasteiger partial charge < -0.3 is 10.2 Å². The molecular formula is C13H19N3O3. The van der Waals surface area contributed by atoms with Crippen molar-refractivity contribution in [3.8, 4) is 0 Å². The summed E-state index contributed by atoms with van der Waals surface area (Å²) in [7, 11) is 1.70. The zero-order valence-corrected chi connectivity index (χ0v) is 11.4. The number of carbonyl (C=O) groups is 1. The lowest BCUT2D eigenvalue weighted by Gasteiger charge is -2.25. The van der Waals surface area contributed by atoms with Gasteiger partial charge in [-0.1, -0.05) is 19.1 Å². The first kappa shape index (κ1) is 15.1. The van der Waals surface area contributed by atoms with Gasteiger partial charge in [0.15, 0.2) is 0 Å². The van der Waals surface area contributed by atoms with Crippen LogP contribution in [0.5, 0.6) is 0 Å². The lowest BCUT2D eigenvalue weighted by Crippen LogP contribution is -2.37.